The van der Waals surface area contributed by atoms with Crippen LogP contribution >= 0.6 is 0 Å². The molecular formula is C16H13N5O2. The molecule has 23 heavy (non-hydrogen) atoms. The van der Waals surface area contributed by atoms with Crippen molar-refractivity contribution in [3.8, 4) is 17.0 Å². The van der Waals surface area contributed by atoms with E-state index < -0.39 is 0 Å². The smallest absolute Gasteiger partial charge is 0.145 e. The summed E-state index contributed by atoms with van der Waals surface area (Å²) >= 11 is 0. The van der Waals surface area contributed by atoms with E-state index in [2.05, 4.69) is 20.5 Å². The Balaban J connectivity index is 1.78. The lowest BCUT2D eigenvalue weighted by atomic mass is 10.1. The molecular weight excluding hydrogens is 294 g/mol. The molecule has 1 aromatic carbocycles. The second-order valence-corrected chi connectivity index (χ2v) is 5.10. The Bertz CT molecular complexity index is 946. The van der Waals surface area contributed by atoms with Gasteiger partial charge in [0.15, 0.2) is 0 Å². The topological polar surface area (TPSA) is 89.7 Å². The third-order valence-electron chi connectivity index (χ3n) is 3.60. The molecule has 0 amide bonds. The Morgan fingerprint density at radius 2 is 2.04 bits per heavy atom. The molecule has 0 saturated heterocycles. The minimum absolute atomic E-state index is 0.687. The predicted octanol–water partition coefficient (Wildman–Crippen LogP) is 2.61. The number of aromatic nitrogens is 5. The van der Waals surface area contributed by atoms with E-state index in [4.69, 9.17) is 14.3 Å². The molecule has 4 aromatic rings. The first-order valence-electron chi connectivity index (χ1n) is 7.08. The fraction of sp³-hybridized carbons (Fsp3) is 0.125. The van der Waals surface area contributed by atoms with Crippen molar-refractivity contribution in [2.24, 2.45) is 0 Å². The molecule has 1 N–H and O–H groups in total. The number of ether oxygens (including phenoxy) is 1. The number of rotatable bonds is 4. The van der Waals surface area contributed by atoms with Crippen molar-refractivity contribution in [1.82, 2.24) is 25.5 Å². The molecule has 0 saturated carbocycles. The standard InChI is InChI=1S/C16H13N5O2/c1-22-15-5-3-12(6-10-8-17-18-9-10)19-16(15)11-2-4-13-14(7-11)21-23-20-13/h2-5,7-9H,6H2,1H3,(H,17,18). The van der Waals surface area contributed by atoms with E-state index in [1.807, 2.05) is 36.5 Å². The first-order chi connectivity index (χ1) is 11.3. The number of aromatic amines is 1. The van der Waals surface area contributed by atoms with Gasteiger partial charge in [0.25, 0.3) is 0 Å². The number of pyridine rings is 1. The average Bonchev–Trinajstić information content (AvgIpc) is 3.25. The number of benzene rings is 1. The van der Waals surface area contributed by atoms with Crippen LogP contribution in [0.3, 0.4) is 0 Å². The highest BCUT2D eigenvalue weighted by Gasteiger charge is 2.12. The zero-order chi connectivity index (χ0) is 15.6. The van der Waals surface area contributed by atoms with Crippen LogP contribution in [0.2, 0.25) is 0 Å². The number of fused-ring (bicyclic) bond motifs is 1. The number of methoxy groups -OCH3 is 1. The third-order valence-corrected chi connectivity index (χ3v) is 3.60. The molecule has 0 radical (unpaired) electrons. The maximum absolute atomic E-state index is 5.44. The molecule has 114 valence electrons. The first kappa shape index (κ1) is 13.4. The van der Waals surface area contributed by atoms with Crippen LogP contribution in [-0.4, -0.2) is 32.6 Å². The lowest BCUT2D eigenvalue weighted by Gasteiger charge is -2.09. The van der Waals surface area contributed by atoms with Gasteiger partial charge in [0.1, 0.15) is 22.5 Å². The van der Waals surface area contributed by atoms with E-state index in [0.29, 0.717) is 23.2 Å². The van der Waals surface area contributed by atoms with Gasteiger partial charge in [0.2, 0.25) is 0 Å². The zero-order valence-corrected chi connectivity index (χ0v) is 12.4. The normalized spacial score (nSPS) is 11.0. The van der Waals surface area contributed by atoms with Gasteiger partial charge in [-0.15, -0.1) is 0 Å². The van der Waals surface area contributed by atoms with Crippen LogP contribution in [0.15, 0.2) is 47.4 Å². The second kappa shape index (κ2) is 5.53. The van der Waals surface area contributed by atoms with Crippen molar-refractivity contribution in [3.05, 3.63) is 54.0 Å². The maximum Gasteiger partial charge on any atom is 0.145 e. The van der Waals surface area contributed by atoms with Crippen LogP contribution in [0.25, 0.3) is 22.3 Å². The summed E-state index contributed by atoms with van der Waals surface area (Å²) in [6.07, 6.45) is 4.35. The van der Waals surface area contributed by atoms with Crippen molar-refractivity contribution in [2.75, 3.05) is 7.11 Å². The fourth-order valence-electron chi connectivity index (χ4n) is 2.47. The molecule has 0 aliphatic carbocycles. The van der Waals surface area contributed by atoms with E-state index in [1.54, 1.807) is 13.3 Å². The Hall–Kier alpha value is -3.22. The molecule has 0 atom stereocenters. The van der Waals surface area contributed by atoms with Gasteiger partial charge in [-0.3, -0.25) is 5.10 Å². The van der Waals surface area contributed by atoms with Gasteiger partial charge in [-0.05, 0) is 40.1 Å². The van der Waals surface area contributed by atoms with Crippen LogP contribution in [0, 0.1) is 0 Å². The monoisotopic (exact) mass is 307 g/mol. The van der Waals surface area contributed by atoms with Crippen LogP contribution in [-0.2, 0) is 6.42 Å². The predicted molar refractivity (Wildman–Crippen MR) is 83.0 cm³/mol. The minimum Gasteiger partial charge on any atom is -0.494 e. The largest absolute Gasteiger partial charge is 0.494 e. The van der Waals surface area contributed by atoms with Crippen LogP contribution in [0.4, 0.5) is 0 Å². The Morgan fingerprint density at radius 3 is 2.87 bits per heavy atom. The summed E-state index contributed by atoms with van der Waals surface area (Å²) < 4.78 is 10.2. The highest BCUT2D eigenvalue weighted by atomic mass is 16.6. The molecule has 0 aliphatic heterocycles. The third kappa shape index (κ3) is 2.52. The fourth-order valence-corrected chi connectivity index (χ4v) is 2.47. The quantitative estimate of drug-likeness (QED) is 0.623. The molecule has 0 spiro atoms. The minimum atomic E-state index is 0.687. The lowest BCUT2D eigenvalue weighted by molar-refractivity contribution is 0.315. The number of hydrogen-bond donors (Lipinski definition) is 1. The van der Waals surface area contributed by atoms with Crippen molar-refractivity contribution in [3.63, 3.8) is 0 Å². The first-order valence-corrected chi connectivity index (χ1v) is 7.08. The molecule has 3 heterocycles. The average molecular weight is 307 g/mol. The van der Waals surface area contributed by atoms with Gasteiger partial charge in [0.05, 0.1) is 13.3 Å². The highest BCUT2D eigenvalue weighted by Crippen LogP contribution is 2.30. The molecule has 4 rings (SSSR count). The van der Waals surface area contributed by atoms with E-state index >= 15 is 0 Å². The van der Waals surface area contributed by atoms with Gasteiger partial charge in [-0.1, -0.05) is 6.07 Å². The second-order valence-electron chi connectivity index (χ2n) is 5.10. The molecule has 0 bridgehead atoms. The van der Waals surface area contributed by atoms with Gasteiger partial charge in [-0.25, -0.2) is 9.61 Å². The molecule has 0 aliphatic rings. The molecule has 3 aromatic heterocycles. The van der Waals surface area contributed by atoms with Crippen molar-refractivity contribution in [2.45, 2.75) is 6.42 Å². The van der Waals surface area contributed by atoms with E-state index in [9.17, 15) is 0 Å². The van der Waals surface area contributed by atoms with Crippen LogP contribution < -0.4 is 4.74 Å². The van der Waals surface area contributed by atoms with Crippen molar-refractivity contribution < 1.29 is 9.37 Å². The summed E-state index contributed by atoms with van der Waals surface area (Å²) in [5.74, 6) is 0.705. The van der Waals surface area contributed by atoms with Gasteiger partial charge >= 0.3 is 0 Å². The molecule has 0 unspecified atom stereocenters. The summed E-state index contributed by atoms with van der Waals surface area (Å²) in [6.45, 7) is 0. The van der Waals surface area contributed by atoms with Crippen molar-refractivity contribution in [1.29, 1.82) is 0 Å². The molecule has 7 nitrogen and oxygen atoms in total. The summed E-state index contributed by atoms with van der Waals surface area (Å²) in [5.41, 5.74) is 5.07. The van der Waals surface area contributed by atoms with Crippen LogP contribution in [0.5, 0.6) is 5.75 Å². The SMILES string of the molecule is COc1ccc(Cc2cn[nH]c2)nc1-c1ccc2nonc2c1. The highest BCUT2D eigenvalue weighted by molar-refractivity contribution is 5.81. The molecule has 0 fully saturated rings. The number of nitrogens with one attached hydrogen (secondary N) is 1. The maximum atomic E-state index is 5.44. The summed E-state index contributed by atoms with van der Waals surface area (Å²) in [5, 5.41) is 14.5. The van der Waals surface area contributed by atoms with E-state index in [0.717, 1.165) is 22.5 Å². The summed E-state index contributed by atoms with van der Waals surface area (Å²) in [6, 6.07) is 9.54. The molecule has 7 heteroatoms. The number of hydrogen-bond acceptors (Lipinski definition) is 6. The summed E-state index contributed by atoms with van der Waals surface area (Å²) in [7, 11) is 1.63. The Morgan fingerprint density at radius 1 is 1.13 bits per heavy atom. The number of nitrogens with zero attached hydrogens (tertiary/aromatic N) is 4. The van der Waals surface area contributed by atoms with Crippen molar-refractivity contribution >= 4 is 11.0 Å². The van der Waals surface area contributed by atoms with E-state index in [1.165, 1.54) is 0 Å². The zero-order valence-electron chi connectivity index (χ0n) is 12.4. The van der Waals surface area contributed by atoms with Gasteiger partial charge in [0, 0.05) is 23.9 Å². The summed E-state index contributed by atoms with van der Waals surface area (Å²) in [4.78, 5) is 4.73. The lowest BCUT2D eigenvalue weighted by Crippen LogP contribution is -1.97. The Labute approximate surface area is 131 Å². The van der Waals surface area contributed by atoms with Crippen LogP contribution in [0.1, 0.15) is 11.3 Å². The van der Waals surface area contributed by atoms with E-state index in [-0.39, 0.29) is 0 Å². The van der Waals surface area contributed by atoms with Gasteiger partial charge in [-0.2, -0.15) is 5.10 Å². The Kier molecular flexibility index (Phi) is 3.23. The van der Waals surface area contributed by atoms with Gasteiger partial charge < -0.3 is 4.74 Å². The number of H-pyrrole nitrogens is 1.